The van der Waals surface area contributed by atoms with E-state index in [1.54, 1.807) is 6.08 Å². The third-order valence-electron chi connectivity index (χ3n) is 10.2. The highest BCUT2D eigenvalue weighted by molar-refractivity contribution is 5.72. The van der Waals surface area contributed by atoms with Gasteiger partial charge in [-0.1, -0.05) is 219 Å². The van der Waals surface area contributed by atoms with Crippen LogP contribution in [0.3, 0.4) is 0 Å². The van der Waals surface area contributed by atoms with Crippen LogP contribution in [0.15, 0.2) is 134 Å². The predicted molar refractivity (Wildman–Crippen MR) is 279 cm³/mol. The van der Waals surface area contributed by atoms with Crippen molar-refractivity contribution in [3.63, 3.8) is 0 Å². The first kappa shape index (κ1) is 60.5. The smallest absolute Gasteiger partial charge is 0.310 e. The average Bonchev–Trinajstić information content (AvgIpc) is 3.30. The van der Waals surface area contributed by atoms with Crippen LogP contribution in [0.1, 0.15) is 201 Å². The maximum Gasteiger partial charge on any atom is 0.310 e. The lowest BCUT2D eigenvalue weighted by atomic mass is 10.1. The molecule has 0 fully saturated rings. The summed E-state index contributed by atoms with van der Waals surface area (Å²) in [6, 6.07) is 0. The van der Waals surface area contributed by atoms with Crippen molar-refractivity contribution in [1.82, 2.24) is 0 Å². The van der Waals surface area contributed by atoms with Crippen molar-refractivity contribution in [2.24, 2.45) is 0 Å². The Morgan fingerprint density at radius 1 is 0.338 bits per heavy atom. The molecule has 1 unspecified atom stereocenters. The number of esters is 3. The highest BCUT2D eigenvalue weighted by atomic mass is 16.6. The first-order valence-corrected chi connectivity index (χ1v) is 25.7. The van der Waals surface area contributed by atoms with Crippen LogP contribution in [0, 0.1) is 0 Å². The molecule has 6 heteroatoms. The molecule has 0 aromatic rings. The molecule has 0 N–H and O–H groups in total. The SMILES string of the molecule is CC/C=C\C/C=C\C/C=C\C/C=C\C/C=C\C/C=C\CCCCCCCCCCC(=O)OCC(COC(=O)CCCCCCC)OC(=O)C/C=C\C/C=C\C/C=C\C/C=C\C/C=C\CC. The summed E-state index contributed by atoms with van der Waals surface area (Å²) >= 11 is 0. The summed E-state index contributed by atoms with van der Waals surface area (Å²) in [7, 11) is 0. The second-order valence-corrected chi connectivity index (χ2v) is 16.3. The normalized spacial score (nSPS) is 13.2. The van der Waals surface area contributed by atoms with E-state index in [9.17, 15) is 14.4 Å². The summed E-state index contributed by atoms with van der Waals surface area (Å²) in [4.78, 5) is 37.6. The zero-order chi connectivity index (χ0) is 47.2. The van der Waals surface area contributed by atoms with Crippen molar-refractivity contribution in [2.45, 2.75) is 207 Å². The average molecular weight is 897 g/mol. The molecule has 0 saturated heterocycles. The molecule has 0 bridgehead atoms. The van der Waals surface area contributed by atoms with E-state index in [2.05, 4.69) is 142 Å². The molecule has 0 aliphatic rings. The minimum absolute atomic E-state index is 0.0901. The van der Waals surface area contributed by atoms with Crippen LogP contribution in [-0.4, -0.2) is 37.2 Å². The molecule has 0 rings (SSSR count). The summed E-state index contributed by atoms with van der Waals surface area (Å²) in [5.74, 6) is -1.09. The largest absolute Gasteiger partial charge is 0.462 e. The van der Waals surface area contributed by atoms with E-state index in [0.29, 0.717) is 19.3 Å². The maximum absolute atomic E-state index is 12.7. The van der Waals surface area contributed by atoms with Crippen LogP contribution in [0.5, 0.6) is 0 Å². The van der Waals surface area contributed by atoms with E-state index in [1.807, 2.05) is 6.08 Å². The van der Waals surface area contributed by atoms with Crippen molar-refractivity contribution >= 4 is 17.9 Å². The lowest BCUT2D eigenvalue weighted by molar-refractivity contribution is -0.166. The van der Waals surface area contributed by atoms with Gasteiger partial charge in [0.1, 0.15) is 13.2 Å². The number of ether oxygens (including phenoxy) is 3. The van der Waals surface area contributed by atoms with Gasteiger partial charge in [0.05, 0.1) is 6.42 Å². The molecule has 65 heavy (non-hydrogen) atoms. The number of hydrogen-bond acceptors (Lipinski definition) is 6. The summed E-state index contributed by atoms with van der Waals surface area (Å²) < 4.78 is 16.5. The minimum Gasteiger partial charge on any atom is -0.462 e. The molecule has 1 atom stereocenters. The molecule has 0 aliphatic heterocycles. The summed E-state index contributed by atoms with van der Waals surface area (Å²) in [5, 5.41) is 0. The van der Waals surface area contributed by atoms with E-state index in [1.165, 1.54) is 32.1 Å². The van der Waals surface area contributed by atoms with Crippen molar-refractivity contribution in [3.05, 3.63) is 134 Å². The molecule has 0 aliphatic carbocycles. The fourth-order valence-electron chi connectivity index (χ4n) is 6.40. The molecule has 0 heterocycles. The van der Waals surface area contributed by atoms with Gasteiger partial charge in [0.2, 0.25) is 0 Å². The number of carbonyl (C=O) groups is 3. The Labute approximate surface area is 398 Å². The standard InChI is InChI=1S/C59H92O6/c1-4-7-10-13-15-17-19-21-23-24-25-26-27-28-29-30-31-32-33-34-36-37-39-41-43-46-49-52-58(61)64-55-56(54-63-57(60)51-48-45-12-9-6-3)65-59(62)53-50-47-44-42-40-38-35-22-20-18-16-14-11-8-5-2/h7-8,10-11,15-18,21-23,25-26,28-29,31-32,35,40,42,47,50,56H,4-6,9,12-14,19-20,24,27,30,33-34,36-39,41,43-46,48-49,51-55H2,1-3H3/b10-7-,11-8-,17-15-,18-16-,23-21-,26-25-,29-28-,32-31-,35-22-,42-40-,50-47-. The maximum atomic E-state index is 12.7. The molecule has 0 saturated carbocycles. The Bertz CT molecular complexity index is 1450. The van der Waals surface area contributed by atoms with Gasteiger partial charge in [0.15, 0.2) is 6.10 Å². The number of unbranched alkanes of at least 4 members (excludes halogenated alkanes) is 12. The van der Waals surface area contributed by atoms with Gasteiger partial charge in [-0.3, -0.25) is 14.4 Å². The van der Waals surface area contributed by atoms with Gasteiger partial charge in [0.25, 0.3) is 0 Å². The number of hydrogen-bond donors (Lipinski definition) is 0. The fourth-order valence-corrected chi connectivity index (χ4v) is 6.40. The van der Waals surface area contributed by atoms with Gasteiger partial charge in [-0.25, -0.2) is 0 Å². The van der Waals surface area contributed by atoms with Gasteiger partial charge in [0, 0.05) is 12.8 Å². The second kappa shape index (κ2) is 52.2. The molecule has 364 valence electrons. The molecule has 0 aromatic carbocycles. The monoisotopic (exact) mass is 897 g/mol. The Morgan fingerprint density at radius 3 is 1.02 bits per heavy atom. The first-order chi connectivity index (χ1) is 32.0. The fraction of sp³-hybridized carbons (Fsp3) is 0.576. The Balaban J connectivity index is 4.24. The lowest BCUT2D eigenvalue weighted by Gasteiger charge is -2.18. The minimum atomic E-state index is -0.836. The summed E-state index contributed by atoms with van der Waals surface area (Å²) in [5.41, 5.74) is 0. The van der Waals surface area contributed by atoms with E-state index in [0.717, 1.165) is 122 Å². The number of rotatable bonds is 44. The van der Waals surface area contributed by atoms with Crippen molar-refractivity contribution in [2.75, 3.05) is 13.2 Å². The Kier molecular flexibility index (Phi) is 48.6. The van der Waals surface area contributed by atoms with Gasteiger partial charge in [-0.15, -0.1) is 0 Å². The number of carbonyl (C=O) groups excluding carboxylic acids is 3. The van der Waals surface area contributed by atoms with E-state index >= 15 is 0 Å². The highest BCUT2D eigenvalue weighted by Gasteiger charge is 2.19. The Hall–Kier alpha value is -4.45. The van der Waals surface area contributed by atoms with E-state index in [4.69, 9.17) is 14.2 Å². The molecular weight excluding hydrogens is 805 g/mol. The van der Waals surface area contributed by atoms with Gasteiger partial charge < -0.3 is 14.2 Å². The van der Waals surface area contributed by atoms with Crippen molar-refractivity contribution in [1.29, 1.82) is 0 Å². The third kappa shape index (κ3) is 50.4. The van der Waals surface area contributed by atoms with Crippen molar-refractivity contribution < 1.29 is 28.6 Å². The molecule has 0 radical (unpaired) electrons. The van der Waals surface area contributed by atoms with E-state index in [-0.39, 0.29) is 31.6 Å². The second-order valence-electron chi connectivity index (χ2n) is 16.3. The van der Waals surface area contributed by atoms with Gasteiger partial charge >= 0.3 is 17.9 Å². The Morgan fingerprint density at radius 2 is 0.646 bits per heavy atom. The zero-order valence-corrected chi connectivity index (χ0v) is 41.4. The van der Waals surface area contributed by atoms with Crippen LogP contribution >= 0.6 is 0 Å². The quantitative estimate of drug-likeness (QED) is 0.0262. The summed E-state index contributed by atoms with van der Waals surface area (Å²) in [6.07, 6.45) is 73.6. The first-order valence-electron chi connectivity index (χ1n) is 25.7. The van der Waals surface area contributed by atoms with Crippen LogP contribution in [0.4, 0.5) is 0 Å². The van der Waals surface area contributed by atoms with Crippen LogP contribution in [0.25, 0.3) is 0 Å². The van der Waals surface area contributed by atoms with Crippen LogP contribution in [0.2, 0.25) is 0 Å². The number of allylic oxidation sites excluding steroid dienone is 21. The lowest BCUT2D eigenvalue weighted by Crippen LogP contribution is -2.30. The predicted octanol–water partition coefficient (Wildman–Crippen LogP) is 17.1. The molecule has 0 spiro atoms. The molecule has 6 nitrogen and oxygen atoms in total. The third-order valence-corrected chi connectivity index (χ3v) is 10.2. The van der Waals surface area contributed by atoms with Gasteiger partial charge in [-0.05, 0) is 96.3 Å². The molecule has 0 aromatic heterocycles. The molecular formula is C59H92O6. The van der Waals surface area contributed by atoms with Crippen LogP contribution < -0.4 is 0 Å². The highest BCUT2D eigenvalue weighted by Crippen LogP contribution is 2.12. The van der Waals surface area contributed by atoms with Gasteiger partial charge in [-0.2, -0.15) is 0 Å². The molecule has 0 amide bonds. The van der Waals surface area contributed by atoms with Crippen LogP contribution in [-0.2, 0) is 28.6 Å². The topological polar surface area (TPSA) is 78.9 Å². The van der Waals surface area contributed by atoms with E-state index < -0.39 is 12.1 Å². The van der Waals surface area contributed by atoms with Crippen molar-refractivity contribution in [3.8, 4) is 0 Å². The summed E-state index contributed by atoms with van der Waals surface area (Å²) in [6.45, 7) is 6.20. The zero-order valence-electron chi connectivity index (χ0n) is 41.4.